The van der Waals surface area contributed by atoms with Gasteiger partial charge in [-0.3, -0.25) is 4.79 Å². The minimum atomic E-state index is -0.740. The zero-order chi connectivity index (χ0) is 15.7. The van der Waals surface area contributed by atoms with Crippen LogP contribution in [-0.4, -0.2) is 35.1 Å². The van der Waals surface area contributed by atoms with Crippen molar-refractivity contribution in [2.24, 2.45) is 11.3 Å². The third-order valence-corrected chi connectivity index (χ3v) is 6.29. The van der Waals surface area contributed by atoms with Crippen molar-refractivity contribution in [1.82, 2.24) is 10.2 Å². The number of carbonyl (C=O) groups is 2. The van der Waals surface area contributed by atoms with E-state index in [2.05, 4.69) is 18.3 Å². The highest BCUT2D eigenvalue weighted by Gasteiger charge is 2.55. The molecule has 1 saturated carbocycles. The van der Waals surface area contributed by atoms with Crippen LogP contribution in [0, 0.1) is 11.3 Å². The number of likely N-dealkylation sites (tertiary alicyclic amines) is 1. The Hall–Kier alpha value is -1.56. The molecule has 6 heteroatoms. The third kappa shape index (κ3) is 2.60. The van der Waals surface area contributed by atoms with E-state index in [4.69, 9.17) is 0 Å². The van der Waals surface area contributed by atoms with Crippen LogP contribution in [0.1, 0.15) is 35.9 Å². The van der Waals surface area contributed by atoms with Crippen molar-refractivity contribution in [2.45, 2.75) is 39.2 Å². The second kappa shape index (κ2) is 5.91. The Kier molecular flexibility index (Phi) is 4.12. The van der Waals surface area contributed by atoms with Crippen molar-refractivity contribution in [1.29, 1.82) is 0 Å². The molecular weight excluding hydrogens is 300 g/mol. The van der Waals surface area contributed by atoms with Gasteiger partial charge in [-0.25, -0.2) is 4.79 Å². The molecule has 5 nitrogen and oxygen atoms in total. The number of hydrogen-bond donors (Lipinski definition) is 2. The summed E-state index contributed by atoms with van der Waals surface area (Å²) in [5, 5.41) is 12.5. The van der Waals surface area contributed by atoms with Crippen LogP contribution in [0.25, 0.3) is 0 Å². The molecule has 1 saturated heterocycles. The summed E-state index contributed by atoms with van der Waals surface area (Å²) < 4.78 is 0. The molecule has 2 heterocycles. The lowest BCUT2D eigenvalue weighted by Crippen LogP contribution is -2.41. The highest BCUT2D eigenvalue weighted by molar-refractivity contribution is 7.11. The summed E-state index contributed by atoms with van der Waals surface area (Å²) in [4.78, 5) is 28.1. The maximum atomic E-state index is 12.3. The summed E-state index contributed by atoms with van der Waals surface area (Å²) >= 11 is 1.71. The van der Waals surface area contributed by atoms with Crippen LogP contribution >= 0.6 is 11.3 Å². The third-order valence-electron chi connectivity index (χ3n) is 5.06. The average molecular weight is 322 g/mol. The number of carboxylic acid groups (broad SMARTS) is 1. The number of aliphatic carboxylic acids is 1. The number of rotatable bonds is 4. The largest absolute Gasteiger partial charge is 0.481 e. The van der Waals surface area contributed by atoms with Gasteiger partial charge >= 0.3 is 12.0 Å². The minimum Gasteiger partial charge on any atom is -0.481 e. The van der Waals surface area contributed by atoms with Gasteiger partial charge < -0.3 is 15.3 Å². The monoisotopic (exact) mass is 322 g/mol. The fourth-order valence-electron chi connectivity index (χ4n) is 3.78. The van der Waals surface area contributed by atoms with Crippen LogP contribution < -0.4 is 5.32 Å². The first kappa shape index (κ1) is 15.3. The van der Waals surface area contributed by atoms with E-state index in [9.17, 15) is 14.7 Å². The normalized spacial score (nSPS) is 27.0. The van der Waals surface area contributed by atoms with E-state index in [1.54, 1.807) is 16.2 Å². The van der Waals surface area contributed by atoms with E-state index >= 15 is 0 Å². The van der Waals surface area contributed by atoms with Crippen LogP contribution in [0.15, 0.2) is 12.1 Å². The van der Waals surface area contributed by atoms with Gasteiger partial charge in [0.05, 0.1) is 12.0 Å². The number of nitrogens with zero attached hydrogens (tertiary/aromatic N) is 1. The van der Waals surface area contributed by atoms with Gasteiger partial charge in [0.1, 0.15) is 0 Å². The van der Waals surface area contributed by atoms with E-state index < -0.39 is 11.4 Å². The zero-order valence-electron chi connectivity index (χ0n) is 12.8. The fraction of sp³-hybridized carbons (Fsp3) is 0.625. The molecule has 1 aliphatic heterocycles. The Morgan fingerprint density at radius 3 is 2.86 bits per heavy atom. The number of carboxylic acids is 1. The molecule has 2 fully saturated rings. The number of hydrogen-bond acceptors (Lipinski definition) is 3. The van der Waals surface area contributed by atoms with E-state index in [0.29, 0.717) is 26.1 Å². The van der Waals surface area contributed by atoms with Crippen LogP contribution in [0.5, 0.6) is 0 Å². The number of nitrogens with one attached hydrogen (secondary N) is 1. The molecule has 2 atom stereocenters. The molecule has 2 N–H and O–H groups in total. The van der Waals surface area contributed by atoms with Gasteiger partial charge in [-0.15, -0.1) is 11.3 Å². The highest BCUT2D eigenvalue weighted by atomic mass is 32.1. The van der Waals surface area contributed by atoms with E-state index in [1.807, 2.05) is 6.07 Å². The Morgan fingerprint density at radius 2 is 2.23 bits per heavy atom. The van der Waals surface area contributed by atoms with Gasteiger partial charge in [0.2, 0.25) is 0 Å². The van der Waals surface area contributed by atoms with Crippen LogP contribution in [0.4, 0.5) is 4.79 Å². The molecule has 1 aromatic heterocycles. The smallest absolute Gasteiger partial charge is 0.317 e. The quantitative estimate of drug-likeness (QED) is 0.895. The number of amides is 2. The Labute approximate surface area is 134 Å². The van der Waals surface area contributed by atoms with Crippen molar-refractivity contribution in [3.63, 3.8) is 0 Å². The van der Waals surface area contributed by atoms with Crippen LogP contribution in [0.2, 0.25) is 0 Å². The van der Waals surface area contributed by atoms with Gasteiger partial charge in [-0.2, -0.15) is 0 Å². The predicted octanol–water partition coefficient (Wildman–Crippen LogP) is 2.71. The zero-order valence-corrected chi connectivity index (χ0v) is 13.6. The molecule has 3 rings (SSSR count). The lowest BCUT2D eigenvalue weighted by molar-refractivity contribution is -0.149. The minimum absolute atomic E-state index is 0.115. The molecule has 0 unspecified atom stereocenters. The number of urea groups is 1. The molecule has 0 spiro atoms. The number of thiophene rings is 1. The lowest BCUT2D eigenvalue weighted by atomic mass is 9.81. The van der Waals surface area contributed by atoms with Crippen molar-refractivity contribution in [3.8, 4) is 0 Å². The summed E-state index contributed by atoms with van der Waals surface area (Å²) in [5.74, 6) is -0.625. The number of carbonyl (C=O) groups excluding carboxylic acids is 1. The standard InChI is InChI=1S/C16H22N2O3S/c1-2-12-5-6-13(22-12)8-17-15(21)18-9-11-4-3-7-16(11,10-18)14(19)20/h5-6,11H,2-4,7-10H2,1H3,(H,17,21)(H,19,20)/t11-,16+/m0/s1. The number of aryl methyl sites for hydroxylation is 1. The first-order chi connectivity index (χ1) is 10.5. The Morgan fingerprint density at radius 1 is 1.45 bits per heavy atom. The summed E-state index contributed by atoms with van der Waals surface area (Å²) in [6, 6.07) is 3.99. The molecule has 22 heavy (non-hydrogen) atoms. The molecule has 1 aliphatic carbocycles. The molecule has 0 aromatic carbocycles. The van der Waals surface area contributed by atoms with Gasteiger partial charge in [0.25, 0.3) is 0 Å². The maximum Gasteiger partial charge on any atom is 0.317 e. The van der Waals surface area contributed by atoms with Crippen LogP contribution in [-0.2, 0) is 17.8 Å². The molecule has 0 bridgehead atoms. The Balaban J connectivity index is 1.58. The highest BCUT2D eigenvalue weighted by Crippen LogP contribution is 2.48. The van der Waals surface area contributed by atoms with Crippen molar-refractivity contribution in [2.75, 3.05) is 13.1 Å². The molecule has 2 amide bonds. The predicted molar refractivity (Wildman–Crippen MR) is 84.9 cm³/mol. The van der Waals surface area contributed by atoms with Gasteiger partial charge in [0, 0.05) is 22.8 Å². The first-order valence-electron chi connectivity index (χ1n) is 7.89. The second-order valence-corrected chi connectivity index (χ2v) is 7.56. The molecular formula is C16H22N2O3S. The van der Waals surface area contributed by atoms with E-state index in [1.165, 1.54) is 4.88 Å². The Bertz CT molecular complexity index is 586. The molecule has 2 aliphatic rings. The van der Waals surface area contributed by atoms with Gasteiger partial charge in [-0.05, 0) is 37.3 Å². The van der Waals surface area contributed by atoms with E-state index in [0.717, 1.165) is 24.1 Å². The summed E-state index contributed by atoms with van der Waals surface area (Å²) in [7, 11) is 0. The average Bonchev–Trinajstić information content (AvgIpc) is 3.17. The van der Waals surface area contributed by atoms with Crippen molar-refractivity contribution >= 4 is 23.3 Å². The lowest BCUT2D eigenvalue weighted by Gasteiger charge is -2.23. The van der Waals surface area contributed by atoms with Crippen molar-refractivity contribution in [3.05, 3.63) is 21.9 Å². The maximum absolute atomic E-state index is 12.3. The molecule has 0 radical (unpaired) electrons. The van der Waals surface area contributed by atoms with Crippen molar-refractivity contribution < 1.29 is 14.7 Å². The molecule has 120 valence electrons. The summed E-state index contributed by atoms with van der Waals surface area (Å²) in [6.07, 6.45) is 3.58. The number of fused-ring (bicyclic) bond motifs is 1. The van der Waals surface area contributed by atoms with Gasteiger partial charge in [-0.1, -0.05) is 13.3 Å². The second-order valence-electron chi connectivity index (χ2n) is 6.31. The van der Waals surface area contributed by atoms with E-state index in [-0.39, 0.29) is 11.9 Å². The van der Waals surface area contributed by atoms with Gasteiger partial charge in [0.15, 0.2) is 0 Å². The summed E-state index contributed by atoms with van der Waals surface area (Å²) in [6.45, 7) is 3.56. The topological polar surface area (TPSA) is 69.6 Å². The van der Waals surface area contributed by atoms with Crippen LogP contribution in [0.3, 0.4) is 0 Å². The summed E-state index contributed by atoms with van der Waals surface area (Å²) in [5.41, 5.74) is -0.699. The fourth-order valence-corrected chi connectivity index (χ4v) is 4.67. The molecule has 1 aromatic rings. The SMILES string of the molecule is CCc1ccc(CNC(=O)N2C[C@@H]3CCC[C@@]3(C(=O)O)C2)s1. The first-order valence-corrected chi connectivity index (χ1v) is 8.70.